The molecule has 2 heterocycles. The van der Waals surface area contributed by atoms with Crippen LogP contribution in [0.25, 0.3) is 0 Å². The number of carbonyl (C=O) groups excluding carboxylic acids is 4. The molecule has 3 amide bonds. The Morgan fingerprint density at radius 2 is 1.63 bits per heavy atom. The van der Waals surface area contributed by atoms with Crippen LogP contribution in [0.1, 0.15) is 63.7 Å². The first-order valence-corrected chi connectivity index (χ1v) is 16.0. The van der Waals surface area contributed by atoms with Gasteiger partial charge in [-0.3, -0.25) is 14.5 Å². The lowest BCUT2D eigenvalue weighted by Crippen LogP contribution is -2.70. The molecule has 2 aromatic carbocycles. The van der Waals surface area contributed by atoms with E-state index < -0.39 is 35.2 Å². The number of thioether (sulfide) groups is 1. The van der Waals surface area contributed by atoms with Crippen molar-refractivity contribution in [2.24, 2.45) is 0 Å². The maximum Gasteiger partial charge on any atom is 0.407 e. The predicted molar refractivity (Wildman–Crippen MR) is 166 cm³/mol. The number of nitrogens with one attached hydrogen (secondary N) is 2. The first-order chi connectivity index (χ1) is 20.6. The smallest absolute Gasteiger partial charge is 0.407 e. The number of esters is 1. The summed E-state index contributed by atoms with van der Waals surface area (Å²) in [6.07, 6.45) is 1.16. The van der Waals surface area contributed by atoms with Gasteiger partial charge in [0.2, 0.25) is 5.91 Å². The fourth-order valence-corrected chi connectivity index (χ4v) is 6.54. The van der Waals surface area contributed by atoms with Gasteiger partial charge in [0, 0.05) is 24.6 Å². The Balaban J connectivity index is 1.32. The van der Waals surface area contributed by atoms with Crippen molar-refractivity contribution in [2.75, 3.05) is 18.2 Å². The van der Waals surface area contributed by atoms with E-state index in [-0.39, 0.29) is 29.8 Å². The molecule has 2 aliphatic heterocycles. The Hall–Kier alpha value is -3.50. The van der Waals surface area contributed by atoms with E-state index in [4.69, 9.17) is 21.1 Å². The van der Waals surface area contributed by atoms with Gasteiger partial charge in [0.15, 0.2) is 6.10 Å². The quantitative estimate of drug-likeness (QED) is 0.142. The molecule has 2 aromatic rings. The lowest BCUT2D eigenvalue weighted by Gasteiger charge is -2.49. The number of hydrogen-bond acceptors (Lipinski definition) is 7. The molecule has 1 saturated heterocycles. The lowest BCUT2D eigenvalue weighted by molar-refractivity contribution is -0.154. The molecular weight excluding hydrogens is 590 g/mol. The van der Waals surface area contributed by atoms with Crippen molar-refractivity contribution in [3.63, 3.8) is 0 Å². The van der Waals surface area contributed by atoms with Gasteiger partial charge in [0.05, 0.1) is 0 Å². The molecule has 43 heavy (non-hydrogen) atoms. The molecule has 0 aromatic heterocycles. The molecule has 2 N–H and O–H groups in total. The van der Waals surface area contributed by atoms with Gasteiger partial charge in [-0.1, -0.05) is 67.1 Å². The summed E-state index contributed by atoms with van der Waals surface area (Å²) >= 11 is 7.68. The Labute approximate surface area is 261 Å². The topological polar surface area (TPSA) is 114 Å². The normalized spacial score (nSPS) is 18.1. The number of alkyl carbamates (subject to hydrolysis) is 1. The van der Waals surface area contributed by atoms with E-state index in [9.17, 15) is 19.2 Å². The number of benzene rings is 2. The third-order valence-electron chi connectivity index (χ3n) is 6.90. The molecule has 0 saturated carbocycles. The van der Waals surface area contributed by atoms with E-state index in [1.165, 1.54) is 16.7 Å². The molecule has 4 rings (SSSR count). The van der Waals surface area contributed by atoms with Crippen LogP contribution in [0.4, 0.5) is 4.79 Å². The molecule has 2 atom stereocenters. The highest BCUT2D eigenvalue weighted by Gasteiger charge is 2.54. The van der Waals surface area contributed by atoms with E-state index in [0.29, 0.717) is 30.7 Å². The number of fused-ring (bicyclic) bond motifs is 1. The Morgan fingerprint density at radius 1 is 1.00 bits per heavy atom. The summed E-state index contributed by atoms with van der Waals surface area (Å²) in [7, 11) is 0. The van der Waals surface area contributed by atoms with Crippen LogP contribution in [-0.4, -0.2) is 64.0 Å². The van der Waals surface area contributed by atoms with Crippen LogP contribution in [0.15, 0.2) is 71.9 Å². The maximum absolute atomic E-state index is 13.7. The first kappa shape index (κ1) is 32.4. The number of nitrogens with zero attached hydrogens (tertiary/aromatic N) is 1. The zero-order valence-electron chi connectivity index (χ0n) is 24.6. The zero-order valence-corrected chi connectivity index (χ0v) is 26.2. The predicted octanol–water partition coefficient (Wildman–Crippen LogP) is 5.30. The third kappa shape index (κ3) is 8.54. The van der Waals surface area contributed by atoms with Gasteiger partial charge in [0.25, 0.3) is 5.91 Å². The van der Waals surface area contributed by atoms with Crippen molar-refractivity contribution >= 4 is 47.2 Å². The number of carbonyl (C=O) groups is 4. The van der Waals surface area contributed by atoms with Crippen LogP contribution in [0.5, 0.6) is 0 Å². The van der Waals surface area contributed by atoms with Crippen LogP contribution in [-0.2, 0) is 23.9 Å². The minimum Gasteiger partial charge on any atom is -0.448 e. The molecule has 0 spiro atoms. The highest BCUT2D eigenvalue weighted by molar-refractivity contribution is 8.00. The molecule has 11 heteroatoms. The van der Waals surface area contributed by atoms with Gasteiger partial charge in [0.1, 0.15) is 22.7 Å². The fourth-order valence-electron chi connectivity index (χ4n) is 4.86. The van der Waals surface area contributed by atoms with Crippen LogP contribution in [0, 0.1) is 0 Å². The van der Waals surface area contributed by atoms with Crippen molar-refractivity contribution < 1.29 is 28.7 Å². The summed E-state index contributed by atoms with van der Waals surface area (Å²) in [6, 6.07) is 18.1. The third-order valence-corrected chi connectivity index (χ3v) is 8.56. The zero-order chi connectivity index (χ0) is 31.0. The molecule has 2 aliphatic rings. The number of amides is 3. The molecular formula is C32H38ClN3O6S. The van der Waals surface area contributed by atoms with Crippen molar-refractivity contribution in [2.45, 2.75) is 69.6 Å². The van der Waals surface area contributed by atoms with Crippen molar-refractivity contribution in [3.8, 4) is 0 Å². The summed E-state index contributed by atoms with van der Waals surface area (Å²) in [4.78, 5) is 52.7. The minimum absolute atomic E-state index is 0.0785. The van der Waals surface area contributed by atoms with Gasteiger partial charge in [-0.15, -0.1) is 23.4 Å². The van der Waals surface area contributed by atoms with Gasteiger partial charge >= 0.3 is 12.1 Å². The standard InChI is InChI=1S/C32H38ClN3O6S/c1-32(2,3)42-31(40)34-18-12-6-11-17-24(37)35-25-28(38)36-26(23(19-33)20-43-29(25)36)30(39)41-27(21-13-7-4-8-14-21)22-15-9-5-10-16-22/h4-5,7-10,13-16,25,27,29H,6,11-12,17-20H2,1-3H3,(H,34,40)(H,35,37). The van der Waals surface area contributed by atoms with Crippen molar-refractivity contribution in [1.29, 1.82) is 0 Å². The Kier molecular flexibility index (Phi) is 11.2. The van der Waals surface area contributed by atoms with Crippen LogP contribution in [0.3, 0.4) is 0 Å². The van der Waals surface area contributed by atoms with E-state index in [1.807, 2.05) is 60.7 Å². The summed E-state index contributed by atoms with van der Waals surface area (Å²) in [6.45, 7) is 5.86. The van der Waals surface area contributed by atoms with E-state index >= 15 is 0 Å². The van der Waals surface area contributed by atoms with Gasteiger partial charge < -0.3 is 20.1 Å². The highest BCUT2D eigenvalue weighted by atomic mass is 35.5. The molecule has 2 unspecified atom stereocenters. The molecule has 0 aliphatic carbocycles. The number of β-lactam (4-membered cyclic amide) rings is 1. The van der Waals surface area contributed by atoms with Gasteiger partial charge in [-0.2, -0.15) is 0 Å². The SMILES string of the molecule is CC(C)(C)OC(=O)NCCCCCC(=O)NC1C(=O)N2C(C(=O)OC(c3ccccc3)c3ccccc3)=C(CCl)CSC12. The van der Waals surface area contributed by atoms with Gasteiger partial charge in [-0.05, 0) is 50.3 Å². The Morgan fingerprint density at radius 3 is 2.21 bits per heavy atom. The van der Waals surface area contributed by atoms with Crippen molar-refractivity contribution in [1.82, 2.24) is 15.5 Å². The van der Waals surface area contributed by atoms with E-state index in [2.05, 4.69) is 10.6 Å². The van der Waals surface area contributed by atoms with Crippen LogP contribution < -0.4 is 10.6 Å². The Bertz CT molecular complexity index is 1290. The molecule has 1 fully saturated rings. The van der Waals surface area contributed by atoms with Gasteiger partial charge in [-0.25, -0.2) is 9.59 Å². The monoisotopic (exact) mass is 627 g/mol. The second kappa shape index (κ2) is 14.8. The van der Waals surface area contributed by atoms with Crippen molar-refractivity contribution in [3.05, 3.63) is 83.1 Å². The van der Waals surface area contributed by atoms with E-state index in [0.717, 1.165) is 17.5 Å². The number of rotatable bonds is 12. The molecule has 9 nitrogen and oxygen atoms in total. The number of hydrogen-bond donors (Lipinski definition) is 2. The average Bonchev–Trinajstić information content (AvgIpc) is 2.99. The lowest BCUT2D eigenvalue weighted by atomic mass is 10.0. The maximum atomic E-state index is 13.7. The minimum atomic E-state index is -0.731. The molecule has 0 bridgehead atoms. The summed E-state index contributed by atoms with van der Waals surface area (Å²) in [5.74, 6) is -0.701. The molecule has 230 valence electrons. The summed E-state index contributed by atoms with van der Waals surface area (Å²) in [5.41, 5.74) is 1.83. The average molecular weight is 628 g/mol. The summed E-state index contributed by atoms with van der Waals surface area (Å²) in [5, 5.41) is 5.12. The number of ether oxygens (including phenoxy) is 2. The van der Waals surface area contributed by atoms with E-state index in [1.54, 1.807) is 20.8 Å². The summed E-state index contributed by atoms with van der Waals surface area (Å²) < 4.78 is 11.3. The first-order valence-electron chi connectivity index (χ1n) is 14.4. The van der Waals surface area contributed by atoms with Crippen LogP contribution >= 0.6 is 23.4 Å². The largest absolute Gasteiger partial charge is 0.448 e. The second-order valence-corrected chi connectivity index (χ2v) is 12.8. The highest BCUT2D eigenvalue weighted by Crippen LogP contribution is 2.42. The number of unbranched alkanes of at least 4 members (excludes halogenated alkanes) is 2. The number of halogens is 1. The second-order valence-electron chi connectivity index (χ2n) is 11.4. The fraction of sp³-hybridized carbons (Fsp3) is 0.438. The van der Waals surface area contributed by atoms with Crippen LogP contribution in [0.2, 0.25) is 0 Å². The molecule has 0 radical (unpaired) electrons. The number of alkyl halides is 1.